The van der Waals surface area contributed by atoms with E-state index in [1.807, 2.05) is 39.4 Å². The molecule has 0 amide bonds. The second-order valence-corrected chi connectivity index (χ2v) is 17.9. The summed E-state index contributed by atoms with van der Waals surface area (Å²) >= 11 is 0. The van der Waals surface area contributed by atoms with Gasteiger partial charge in [-0.25, -0.2) is 4.57 Å². The lowest BCUT2D eigenvalue weighted by atomic mass is 10.1. The summed E-state index contributed by atoms with van der Waals surface area (Å²) in [5.41, 5.74) is 0. The Morgan fingerprint density at radius 2 is 1.03 bits per heavy atom. The molecule has 2 atom stereocenters. The van der Waals surface area contributed by atoms with Crippen LogP contribution in [0.4, 0.5) is 0 Å². The highest BCUT2D eigenvalue weighted by Crippen LogP contribution is 2.43. The minimum absolute atomic E-state index is 0.0229. The fourth-order valence-corrected chi connectivity index (χ4v) is 6.64. The van der Waals surface area contributed by atoms with Gasteiger partial charge in [-0.3, -0.25) is 18.6 Å². The number of esters is 2. The van der Waals surface area contributed by atoms with Gasteiger partial charge >= 0.3 is 19.8 Å². The number of quaternary nitrogens is 1. The number of carbonyl (C=O) groups is 2. The number of phosphoric ester groups is 1. The standard InChI is InChI=1S/C49H86NO8P/c1-6-8-10-12-14-16-18-20-21-22-23-24-25-26-27-28-30-31-33-35-37-39-41-48(51)55-45-47(46-57-59(53,54)56-44-43-50(3,4)5)58-49(52)42-40-38-36-34-32-29-19-17-15-13-11-9-7-2/h9,11,13-17,19-21,23-24,47H,6-8,10,12,18,22,25-46H2,1-5H3/p+1/b11-9+,15-13+,16-14+,19-17+,21-20+,24-23+. The maximum absolute atomic E-state index is 12.7. The van der Waals surface area contributed by atoms with Gasteiger partial charge < -0.3 is 18.9 Å². The first-order valence-corrected chi connectivity index (χ1v) is 24.7. The van der Waals surface area contributed by atoms with Crippen molar-refractivity contribution in [3.63, 3.8) is 0 Å². The highest BCUT2D eigenvalue weighted by molar-refractivity contribution is 7.47. The van der Waals surface area contributed by atoms with E-state index in [1.54, 1.807) is 0 Å². The molecule has 1 N–H and O–H groups in total. The zero-order valence-corrected chi connectivity index (χ0v) is 39.1. The molecule has 0 rings (SSSR count). The fourth-order valence-electron chi connectivity index (χ4n) is 5.90. The third-order valence-electron chi connectivity index (χ3n) is 9.53. The molecule has 0 fully saturated rings. The van der Waals surface area contributed by atoms with Gasteiger partial charge in [0.05, 0.1) is 27.7 Å². The molecule has 0 aliphatic heterocycles. The predicted molar refractivity (Wildman–Crippen MR) is 247 cm³/mol. The highest BCUT2D eigenvalue weighted by atomic mass is 31.2. The van der Waals surface area contributed by atoms with Gasteiger partial charge in [-0.1, -0.05) is 164 Å². The Kier molecular flexibility index (Phi) is 39.1. The molecule has 340 valence electrons. The average Bonchev–Trinajstić information content (AvgIpc) is 3.19. The van der Waals surface area contributed by atoms with Crippen molar-refractivity contribution >= 4 is 19.8 Å². The van der Waals surface area contributed by atoms with E-state index in [0.29, 0.717) is 17.4 Å². The van der Waals surface area contributed by atoms with Gasteiger partial charge in [-0.15, -0.1) is 0 Å². The summed E-state index contributed by atoms with van der Waals surface area (Å²) in [6.07, 6.45) is 50.9. The van der Waals surface area contributed by atoms with Crippen LogP contribution in [0, 0.1) is 0 Å². The molecule has 10 heteroatoms. The van der Waals surface area contributed by atoms with Crippen LogP contribution >= 0.6 is 7.82 Å². The first-order chi connectivity index (χ1) is 28.5. The Labute approximate surface area is 361 Å². The van der Waals surface area contributed by atoms with Crippen molar-refractivity contribution in [2.75, 3.05) is 47.5 Å². The van der Waals surface area contributed by atoms with Gasteiger partial charge in [0, 0.05) is 12.8 Å². The normalized spacial score (nSPS) is 14.2. The van der Waals surface area contributed by atoms with Crippen LogP contribution in [-0.4, -0.2) is 74.9 Å². The molecule has 9 nitrogen and oxygen atoms in total. The van der Waals surface area contributed by atoms with Crippen LogP contribution in [0.25, 0.3) is 0 Å². The van der Waals surface area contributed by atoms with Crippen LogP contribution in [0.2, 0.25) is 0 Å². The Morgan fingerprint density at radius 3 is 1.58 bits per heavy atom. The van der Waals surface area contributed by atoms with E-state index in [0.717, 1.165) is 83.5 Å². The Bertz CT molecular complexity index is 1230. The number of rotatable bonds is 41. The van der Waals surface area contributed by atoms with Crippen molar-refractivity contribution in [3.8, 4) is 0 Å². The molecule has 0 aromatic rings. The minimum Gasteiger partial charge on any atom is -0.462 e. The summed E-state index contributed by atoms with van der Waals surface area (Å²) < 4.78 is 34.3. The molecule has 0 aliphatic rings. The highest BCUT2D eigenvalue weighted by Gasteiger charge is 2.27. The SMILES string of the molecule is CC/C=C/C=C/C=C/CCCCCCCC(=O)OC(COC(=O)CCCCCCCCCCC/C=C/C/C=C/C/C=C/CCCCC)COP(=O)(O)OCC[N+](C)(C)C. The number of nitrogens with zero attached hydrogens (tertiary/aromatic N) is 1. The summed E-state index contributed by atoms with van der Waals surface area (Å²) in [6, 6.07) is 0. The molecule has 59 heavy (non-hydrogen) atoms. The molecule has 2 unspecified atom stereocenters. The van der Waals surface area contributed by atoms with E-state index >= 15 is 0 Å². The Morgan fingerprint density at radius 1 is 0.559 bits per heavy atom. The Balaban J connectivity index is 4.30. The number of phosphoric acid groups is 1. The summed E-state index contributed by atoms with van der Waals surface area (Å²) in [5.74, 6) is -0.834. The van der Waals surface area contributed by atoms with Crippen molar-refractivity contribution < 1.29 is 42.1 Å². The quantitative estimate of drug-likeness (QED) is 0.0162. The molecule has 0 aromatic carbocycles. The summed E-state index contributed by atoms with van der Waals surface area (Å²) in [4.78, 5) is 35.4. The number of ether oxygens (including phenoxy) is 2. The van der Waals surface area contributed by atoms with Crippen molar-refractivity contribution in [1.82, 2.24) is 0 Å². The Hall–Kier alpha value is -2.55. The predicted octanol–water partition coefficient (Wildman–Crippen LogP) is 13.4. The third kappa shape index (κ3) is 44.8. The molecule has 0 aromatic heterocycles. The molecule has 0 radical (unpaired) electrons. The summed E-state index contributed by atoms with van der Waals surface area (Å²) in [7, 11) is 1.45. The van der Waals surface area contributed by atoms with Crippen LogP contribution < -0.4 is 0 Å². The van der Waals surface area contributed by atoms with Crippen LogP contribution in [0.1, 0.15) is 174 Å². The second kappa shape index (κ2) is 40.8. The number of unbranched alkanes of at least 4 members (excludes halogenated alkanes) is 17. The first kappa shape index (κ1) is 56.5. The summed E-state index contributed by atoms with van der Waals surface area (Å²) in [6.45, 7) is 4.22. The lowest BCUT2D eigenvalue weighted by molar-refractivity contribution is -0.870. The fraction of sp³-hybridized carbons (Fsp3) is 0.714. The van der Waals surface area contributed by atoms with Gasteiger partial charge in [-0.05, 0) is 70.6 Å². The molecule has 0 spiro atoms. The van der Waals surface area contributed by atoms with Crippen LogP contribution in [0.5, 0.6) is 0 Å². The van der Waals surface area contributed by atoms with Gasteiger partial charge in [0.15, 0.2) is 6.10 Å². The van der Waals surface area contributed by atoms with Crippen molar-refractivity contribution in [2.45, 2.75) is 180 Å². The molecular formula is C49H87NO8P+. The number of hydrogen-bond donors (Lipinski definition) is 1. The van der Waals surface area contributed by atoms with Crippen molar-refractivity contribution in [3.05, 3.63) is 72.9 Å². The molecule has 0 bridgehead atoms. The number of allylic oxidation sites excluding steroid dienone is 12. The van der Waals surface area contributed by atoms with Gasteiger partial charge in [0.2, 0.25) is 0 Å². The smallest absolute Gasteiger partial charge is 0.462 e. The van der Waals surface area contributed by atoms with E-state index in [4.69, 9.17) is 18.5 Å². The first-order valence-electron chi connectivity index (χ1n) is 23.2. The zero-order valence-electron chi connectivity index (χ0n) is 38.2. The number of hydrogen-bond acceptors (Lipinski definition) is 7. The molecule has 0 heterocycles. The van der Waals surface area contributed by atoms with Gasteiger partial charge in [-0.2, -0.15) is 0 Å². The molecule has 0 saturated carbocycles. The second-order valence-electron chi connectivity index (χ2n) is 16.5. The average molecular weight is 849 g/mol. The van der Waals surface area contributed by atoms with Gasteiger partial charge in [0.25, 0.3) is 0 Å². The van der Waals surface area contributed by atoms with Crippen LogP contribution in [0.15, 0.2) is 72.9 Å². The lowest BCUT2D eigenvalue weighted by Crippen LogP contribution is -2.37. The van der Waals surface area contributed by atoms with Crippen LogP contribution in [-0.2, 0) is 32.7 Å². The molecule has 0 aliphatic carbocycles. The van der Waals surface area contributed by atoms with E-state index in [9.17, 15) is 19.0 Å². The number of carbonyl (C=O) groups excluding carboxylic acids is 2. The van der Waals surface area contributed by atoms with E-state index in [2.05, 4.69) is 68.5 Å². The monoisotopic (exact) mass is 849 g/mol. The maximum Gasteiger partial charge on any atom is 0.472 e. The van der Waals surface area contributed by atoms with Crippen molar-refractivity contribution in [2.24, 2.45) is 0 Å². The van der Waals surface area contributed by atoms with E-state index in [-0.39, 0.29) is 32.0 Å². The number of likely N-dealkylation sites (N-methyl/N-ethyl adjacent to an activating group) is 1. The molecular weight excluding hydrogens is 762 g/mol. The largest absolute Gasteiger partial charge is 0.472 e. The van der Waals surface area contributed by atoms with E-state index < -0.39 is 26.5 Å². The topological polar surface area (TPSA) is 108 Å². The third-order valence-corrected chi connectivity index (χ3v) is 10.5. The summed E-state index contributed by atoms with van der Waals surface area (Å²) in [5, 5.41) is 0. The lowest BCUT2D eigenvalue weighted by Gasteiger charge is -2.24. The maximum atomic E-state index is 12.7. The van der Waals surface area contributed by atoms with E-state index in [1.165, 1.54) is 57.8 Å². The minimum atomic E-state index is -4.39. The van der Waals surface area contributed by atoms with Crippen molar-refractivity contribution in [1.29, 1.82) is 0 Å². The zero-order chi connectivity index (χ0) is 43.6. The molecule has 0 saturated heterocycles. The van der Waals surface area contributed by atoms with Crippen LogP contribution in [0.3, 0.4) is 0 Å². The van der Waals surface area contributed by atoms with Gasteiger partial charge in [0.1, 0.15) is 19.8 Å².